The van der Waals surface area contributed by atoms with Gasteiger partial charge < -0.3 is 15.4 Å². The largest absolute Gasteiger partial charge is 0.380 e. The number of halogens is 2. The van der Waals surface area contributed by atoms with E-state index in [0.717, 1.165) is 0 Å². The van der Waals surface area contributed by atoms with Gasteiger partial charge in [-0.2, -0.15) is 0 Å². The fourth-order valence-electron chi connectivity index (χ4n) is 1.58. The molecule has 0 radical (unpaired) electrons. The van der Waals surface area contributed by atoms with E-state index >= 15 is 0 Å². The van der Waals surface area contributed by atoms with Gasteiger partial charge in [-0.15, -0.1) is 0 Å². The third-order valence-corrected chi connectivity index (χ3v) is 2.20. The molecule has 0 aromatic heterocycles. The van der Waals surface area contributed by atoms with Crippen LogP contribution in [0.25, 0.3) is 0 Å². The molecule has 4 nitrogen and oxygen atoms in total. The van der Waals surface area contributed by atoms with E-state index in [4.69, 9.17) is 15.9 Å². The summed E-state index contributed by atoms with van der Waals surface area (Å²) in [5.74, 6) is -3.07. The van der Waals surface area contributed by atoms with Crippen LogP contribution >= 0.6 is 0 Å². The molecular weight excluding hydrogens is 192 g/mol. The summed E-state index contributed by atoms with van der Waals surface area (Å²) in [7, 11) is 0. The zero-order chi connectivity index (χ0) is 10.8. The molecular formula is C8H15F2N3O. The van der Waals surface area contributed by atoms with Crippen LogP contribution < -0.4 is 5.73 Å². The van der Waals surface area contributed by atoms with Crippen LogP contribution in [0.1, 0.15) is 13.3 Å². The first-order valence-electron chi connectivity index (χ1n) is 4.52. The standard InChI is InChI=1S/C8H15F2N3O/c1-2-14-4-6-3-8(9,10)5-13(6)7(11)12/h6H,2-5H2,1H3,(H3,11,12)/t6-/m0/s1. The monoisotopic (exact) mass is 207 g/mol. The molecule has 0 saturated carbocycles. The highest BCUT2D eigenvalue weighted by Gasteiger charge is 2.45. The Kier molecular flexibility index (Phi) is 3.25. The van der Waals surface area contributed by atoms with E-state index in [-0.39, 0.29) is 19.0 Å². The third-order valence-electron chi connectivity index (χ3n) is 2.20. The van der Waals surface area contributed by atoms with Gasteiger partial charge >= 0.3 is 0 Å². The van der Waals surface area contributed by atoms with E-state index in [9.17, 15) is 8.78 Å². The number of nitrogens with zero attached hydrogens (tertiary/aromatic N) is 1. The van der Waals surface area contributed by atoms with Crippen LogP contribution in [0.5, 0.6) is 0 Å². The summed E-state index contributed by atoms with van der Waals surface area (Å²) in [6.07, 6.45) is -0.285. The van der Waals surface area contributed by atoms with E-state index < -0.39 is 18.5 Å². The van der Waals surface area contributed by atoms with Crippen molar-refractivity contribution in [3.8, 4) is 0 Å². The van der Waals surface area contributed by atoms with E-state index in [1.165, 1.54) is 4.90 Å². The Bertz CT molecular complexity index is 223. The molecule has 0 bridgehead atoms. The summed E-state index contributed by atoms with van der Waals surface area (Å²) in [5.41, 5.74) is 5.20. The lowest BCUT2D eigenvalue weighted by Gasteiger charge is -2.23. The number of alkyl halides is 2. The average molecular weight is 207 g/mol. The van der Waals surface area contributed by atoms with Crippen LogP contribution in [0.2, 0.25) is 0 Å². The zero-order valence-electron chi connectivity index (χ0n) is 8.09. The Morgan fingerprint density at radius 2 is 2.36 bits per heavy atom. The Morgan fingerprint density at radius 1 is 1.71 bits per heavy atom. The van der Waals surface area contributed by atoms with E-state index in [2.05, 4.69) is 0 Å². The fraction of sp³-hybridized carbons (Fsp3) is 0.875. The molecule has 1 aliphatic rings. The van der Waals surface area contributed by atoms with Gasteiger partial charge in [0.25, 0.3) is 5.92 Å². The normalized spacial score (nSPS) is 25.4. The van der Waals surface area contributed by atoms with Crippen LogP contribution in [-0.4, -0.2) is 42.6 Å². The van der Waals surface area contributed by atoms with Crippen molar-refractivity contribution in [1.82, 2.24) is 4.90 Å². The molecule has 1 heterocycles. The molecule has 1 saturated heterocycles. The molecule has 0 spiro atoms. The second-order valence-electron chi connectivity index (χ2n) is 3.39. The zero-order valence-corrected chi connectivity index (χ0v) is 8.09. The number of nitrogens with two attached hydrogens (primary N) is 1. The van der Waals surface area contributed by atoms with Gasteiger partial charge in [0.15, 0.2) is 5.96 Å². The van der Waals surface area contributed by atoms with Gasteiger partial charge in [-0.05, 0) is 6.92 Å². The summed E-state index contributed by atoms with van der Waals surface area (Å²) in [6, 6.07) is -0.470. The fourth-order valence-corrected chi connectivity index (χ4v) is 1.58. The maximum Gasteiger partial charge on any atom is 0.267 e. The molecule has 1 aliphatic heterocycles. The first kappa shape index (κ1) is 11.2. The van der Waals surface area contributed by atoms with Gasteiger partial charge in [-0.3, -0.25) is 5.41 Å². The lowest BCUT2D eigenvalue weighted by atomic mass is 10.2. The van der Waals surface area contributed by atoms with Crippen LogP contribution in [0, 0.1) is 5.41 Å². The Hall–Kier alpha value is -0.910. The van der Waals surface area contributed by atoms with Crippen molar-refractivity contribution in [2.24, 2.45) is 5.73 Å². The SMILES string of the molecule is CCOC[C@@H]1CC(F)(F)CN1C(=N)N. The molecule has 0 unspecified atom stereocenters. The molecule has 1 rings (SSSR count). The highest BCUT2D eigenvalue weighted by Crippen LogP contribution is 2.31. The smallest absolute Gasteiger partial charge is 0.267 e. The van der Waals surface area contributed by atoms with Gasteiger partial charge in [0.05, 0.1) is 19.2 Å². The number of hydrogen-bond donors (Lipinski definition) is 2. The van der Waals surface area contributed by atoms with Crippen molar-refractivity contribution >= 4 is 5.96 Å². The first-order chi connectivity index (χ1) is 6.46. The van der Waals surface area contributed by atoms with Crippen LogP contribution in [0.3, 0.4) is 0 Å². The van der Waals surface area contributed by atoms with Gasteiger partial charge in [0.1, 0.15) is 0 Å². The van der Waals surface area contributed by atoms with Crippen LogP contribution in [0.4, 0.5) is 8.78 Å². The minimum atomic E-state index is -2.76. The maximum absolute atomic E-state index is 13.0. The van der Waals surface area contributed by atoms with E-state index in [0.29, 0.717) is 6.61 Å². The summed E-state index contributed by atoms with van der Waals surface area (Å²) >= 11 is 0. The van der Waals surface area contributed by atoms with Crippen LogP contribution in [-0.2, 0) is 4.74 Å². The second kappa shape index (κ2) is 4.08. The summed E-state index contributed by atoms with van der Waals surface area (Å²) in [6.45, 7) is 2.00. The Labute approximate surface area is 81.5 Å². The molecule has 0 aromatic rings. The molecule has 82 valence electrons. The minimum absolute atomic E-state index is 0.200. The van der Waals surface area contributed by atoms with Crippen molar-refractivity contribution in [2.75, 3.05) is 19.8 Å². The second-order valence-corrected chi connectivity index (χ2v) is 3.39. The quantitative estimate of drug-likeness (QED) is 0.527. The molecule has 3 N–H and O–H groups in total. The van der Waals surface area contributed by atoms with Crippen molar-refractivity contribution < 1.29 is 13.5 Å². The number of guanidine groups is 1. The number of ether oxygens (including phenoxy) is 1. The lowest BCUT2D eigenvalue weighted by Crippen LogP contribution is -2.42. The summed E-state index contributed by atoms with van der Waals surface area (Å²) in [5, 5.41) is 7.15. The van der Waals surface area contributed by atoms with E-state index in [1.807, 2.05) is 0 Å². The predicted octanol–water partition coefficient (Wildman–Crippen LogP) is 0.626. The highest BCUT2D eigenvalue weighted by atomic mass is 19.3. The highest BCUT2D eigenvalue weighted by molar-refractivity contribution is 5.75. The lowest BCUT2D eigenvalue weighted by molar-refractivity contribution is 0.0144. The molecule has 14 heavy (non-hydrogen) atoms. The topological polar surface area (TPSA) is 62.3 Å². The van der Waals surface area contributed by atoms with Gasteiger partial charge in [0.2, 0.25) is 0 Å². The number of likely N-dealkylation sites (tertiary alicyclic amines) is 1. The summed E-state index contributed by atoms with van der Waals surface area (Å²) in [4.78, 5) is 1.19. The molecule has 1 atom stereocenters. The van der Waals surface area contributed by atoms with Crippen molar-refractivity contribution in [3.63, 3.8) is 0 Å². The average Bonchev–Trinajstić information content (AvgIpc) is 2.38. The van der Waals surface area contributed by atoms with E-state index in [1.54, 1.807) is 6.92 Å². The molecule has 0 amide bonds. The van der Waals surface area contributed by atoms with Gasteiger partial charge in [0, 0.05) is 13.0 Å². The molecule has 0 aromatic carbocycles. The van der Waals surface area contributed by atoms with Crippen LogP contribution in [0.15, 0.2) is 0 Å². The van der Waals surface area contributed by atoms with Gasteiger partial charge in [-0.1, -0.05) is 0 Å². The number of nitrogens with one attached hydrogen (secondary N) is 1. The number of hydrogen-bond acceptors (Lipinski definition) is 2. The predicted molar refractivity (Wildman–Crippen MR) is 48.5 cm³/mol. The Balaban J connectivity index is 2.58. The minimum Gasteiger partial charge on any atom is -0.380 e. The molecule has 6 heteroatoms. The Morgan fingerprint density at radius 3 is 2.86 bits per heavy atom. The van der Waals surface area contributed by atoms with Crippen molar-refractivity contribution in [2.45, 2.75) is 25.3 Å². The van der Waals surface area contributed by atoms with Crippen molar-refractivity contribution in [1.29, 1.82) is 5.41 Å². The first-order valence-corrected chi connectivity index (χ1v) is 4.52. The molecule has 0 aliphatic carbocycles. The van der Waals surface area contributed by atoms with Crippen molar-refractivity contribution in [3.05, 3.63) is 0 Å². The third kappa shape index (κ3) is 2.54. The number of rotatable bonds is 3. The maximum atomic E-state index is 13.0. The summed E-state index contributed by atoms with van der Waals surface area (Å²) < 4.78 is 31.0. The molecule has 1 fully saturated rings. The van der Waals surface area contributed by atoms with Gasteiger partial charge in [-0.25, -0.2) is 8.78 Å².